The maximum absolute atomic E-state index is 13.1. The molecule has 0 aliphatic heterocycles. The fourth-order valence-corrected chi connectivity index (χ4v) is 1.83. The molecule has 1 aromatic heterocycles. The van der Waals surface area contributed by atoms with Crippen molar-refractivity contribution < 1.29 is 17.6 Å². The number of hydrogen-bond acceptors (Lipinski definition) is 1. The minimum absolute atomic E-state index is 0.106. The summed E-state index contributed by atoms with van der Waals surface area (Å²) in [4.78, 5) is 3.54. The summed E-state index contributed by atoms with van der Waals surface area (Å²) in [6, 6.07) is 2.92. The van der Waals surface area contributed by atoms with Crippen molar-refractivity contribution in [2.24, 2.45) is 0 Å². The second-order valence-corrected chi connectivity index (χ2v) is 3.99. The fraction of sp³-hybridized carbons (Fsp3) is 0.100. The number of fused-ring (bicyclic) bond motifs is 1. The van der Waals surface area contributed by atoms with Gasteiger partial charge in [0, 0.05) is 5.39 Å². The zero-order chi connectivity index (χ0) is 12.8. The smallest absolute Gasteiger partial charge is 0.235 e. The van der Waals surface area contributed by atoms with Gasteiger partial charge in [-0.1, -0.05) is 23.2 Å². The highest BCUT2D eigenvalue weighted by Gasteiger charge is 2.34. The third-order valence-electron chi connectivity index (χ3n) is 2.14. The first-order valence-corrected chi connectivity index (χ1v) is 5.08. The molecule has 7 heteroatoms. The SMILES string of the molecule is Fc1ccc2nc(Cl)c(C(F)(F)F)cc2c1Cl. The van der Waals surface area contributed by atoms with Crippen molar-refractivity contribution in [3.05, 3.63) is 39.8 Å². The molecule has 2 aromatic rings. The van der Waals surface area contributed by atoms with Crippen LogP contribution in [0.2, 0.25) is 10.2 Å². The van der Waals surface area contributed by atoms with Crippen molar-refractivity contribution in [3.8, 4) is 0 Å². The largest absolute Gasteiger partial charge is 0.419 e. The minimum Gasteiger partial charge on any atom is -0.235 e. The Kier molecular flexibility index (Phi) is 2.91. The van der Waals surface area contributed by atoms with E-state index in [1.54, 1.807) is 0 Å². The van der Waals surface area contributed by atoms with Gasteiger partial charge in [0.1, 0.15) is 11.0 Å². The molecule has 1 nitrogen and oxygen atoms in total. The summed E-state index contributed by atoms with van der Waals surface area (Å²) in [6.45, 7) is 0. The third-order valence-corrected chi connectivity index (χ3v) is 2.82. The lowest BCUT2D eigenvalue weighted by atomic mass is 10.1. The molecule has 0 atom stereocenters. The summed E-state index contributed by atoms with van der Waals surface area (Å²) in [5.74, 6) is -0.809. The van der Waals surface area contributed by atoms with Gasteiger partial charge in [0.05, 0.1) is 16.1 Å². The van der Waals surface area contributed by atoms with Crippen LogP contribution in [0.3, 0.4) is 0 Å². The molecule has 2 rings (SSSR count). The molecule has 17 heavy (non-hydrogen) atoms. The standard InChI is InChI=1S/C10H3Cl2F4N/c11-8-4-3-5(10(14,15)16)9(12)17-7(4)2-1-6(8)13/h1-3H. The highest BCUT2D eigenvalue weighted by Crippen LogP contribution is 2.37. The van der Waals surface area contributed by atoms with Crippen LogP contribution in [0, 0.1) is 5.82 Å². The van der Waals surface area contributed by atoms with E-state index in [1.165, 1.54) is 6.07 Å². The molecule has 0 aliphatic rings. The zero-order valence-corrected chi connectivity index (χ0v) is 9.46. The maximum Gasteiger partial charge on any atom is 0.419 e. The van der Waals surface area contributed by atoms with E-state index in [2.05, 4.69) is 4.98 Å². The van der Waals surface area contributed by atoms with Gasteiger partial charge in [0.25, 0.3) is 0 Å². The molecule has 0 spiro atoms. The van der Waals surface area contributed by atoms with E-state index in [0.29, 0.717) is 6.07 Å². The van der Waals surface area contributed by atoms with Crippen LogP contribution >= 0.6 is 23.2 Å². The van der Waals surface area contributed by atoms with Gasteiger partial charge in [-0.05, 0) is 18.2 Å². The highest BCUT2D eigenvalue weighted by atomic mass is 35.5. The van der Waals surface area contributed by atoms with Crippen molar-refractivity contribution in [2.45, 2.75) is 6.18 Å². The van der Waals surface area contributed by atoms with Gasteiger partial charge >= 0.3 is 6.18 Å². The fourth-order valence-electron chi connectivity index (χ4n) is 1.36. The van der Waals surface area contributed by atoms with Crippen LogP contribution in [0.15, 0.2) is 18.2 Å². The molecule has 0 amide bonds. The van der Waals surface area contributed by atoms with E-state index >= 15 is 0 Å². The molecule has 0 fully saturated rings. The van der Waals surface area contributed by atoms with Crippen molar-refractivity contribution >= 4 is 34.1 Å². The van der Waals surface area contributed by atoms with Gasteiger partial charge in [-0.3, -0.25) is 0 Å². The van der Waals surface area contributed by atoms with Crippen LogP contribution in [0.1, 0.15) is 5.56 Å². The summed E-state index contributed by atoms with van der Waals surface area (Å²) in [5, 5.41) is -1.21. The molecular formula is C10H3Cl2F4N. The van der Waals surface area contributed by atoms with Crippen molar-refractivity contribution in [1.82, 2.24) is 4.98 Å². The van der Waals surface area contributed by atoms with Gasteiger partial charge in [0.2, 0.25) is 0 Å². The monoisotopic (exact) mass is 283 g/mol. The molecule has 0 aliphatic carbocycles. The number of aromatic nitrogens is 1. The number of nitrogens with zero attached hydrogens (tertiary/aromatic N) is 1. The predicted octanol–water partition coefficient (Wildman–Crippen LogP) is 4.70. The van der Waals surface area contributed by atoms with E-state index in [-0.39, 0.29) is 10.9 Å². The van der Waals surface area contributed by atoms with Gasteiger partial charge < -0.3 is 0 Å². The number of rotatable bonds is 0. The van der Waals surface area contributed by atoms with Crippen LogP contribution in [-0.2, 0) is 6.18 Å². The molecule has 0 saturated heterocycles. The average molecular weight is 284 g/mol. The summed E-state index contributed by atoms with van der Waals surface area (Å²) >= 11 is 11.0. The molecule has 90 valence electrons. The molecule has 0 radical (unpaired) electrons. The van der Waals surface area contributed by atoms with Crippen molar-refractivity contribution in [1.29, 1.82) is 0 Å². The third kappa shape index (κ3) is 2.17. The first-order valence-electron chi connectivity index (χ1n) is 4.32. The van der Waals surface area contributed by atoms with E-state index < -0.39 is 27.7 Å². The zero-order valence-electron chi connectivity index (χ0n) is 7.95. The van der Waals surface area contributed by atoms with E-state index in [4.69, 9.17) is 23.2 Å². The Balaban J connectivity index is 2.83. The number of halogens is 6. The van der Waals surface area contributed by atoms with E-state index in [0.717, 1.165) is 6.07 Å². The Bertz CT molecular complexity index is 595. The summed E-state index contributed by atoms with van der Waals surface area (Å²) in [5.41, 5.74) is -1.03. The number of benzene rings is 1. The van der Waals surface area contributed by atoms with Crippen LogP contribution in [0.25, 0.3) is 10.9 Å². The second kappa shape index (κ2) is 3.99. The van der Waals surface area contributed by atoms with Crippen LogP contribution in [0.5, 0.6) is 0 Å². The Morgan fingerprint density at radius 1 is 1.12 bits per heavy atom. The molecule has 0 saturated carbocycles. The molecular weight excluding hydrogens is 281 g/mol. The summed E-state index contributed by atoms with van der Waals surface area (Å²) in [6.07, 6.45) is -4.66. The van der Waals surface area contributed by atoms with Crippen LogP contribution in [-0.4, -0.2) is 4.98 Å². The molecule has 0 N–H and O–H groups in total. The quantitative estimate of drug-likeness (QED) is 0.504. The topological polar surface area (TPSA) is 12.9 Å². The number of pyridine rings is 1. The lowest BCUT2D eigenvalue weighted by Gasteiger charge is -2.10. The summed E-state index contributed by atoms with van der Waals surface area (Å²) < 4.78 is 50.7. The predicted molar refractivity (Wildman–Crippen MR) is 56.7 cm³/mol. The van der Waals surface area contributed by atoms with Gasteiger partial charge in [-0.15, -0.1) is 0 Å². The molecule has 1 heterocycles. The van der Waals surface area contributed by atoms with Gasteiger partial charge in [-0.2, -0.15) is 13.2 Å². The Morgan fingerprint density at radius 2 is 1.76 bits per heavy atom. The van der Waals surface area contributed by atoms with Gasteiger partial charge in [-0.25, -0.2) is 9.37 Å². The Labute approximate surface area is 103 Å². The second-order valence-electron chi connectivity index (χ2n) is 3.25. The lowest BCUT2D eigenvalue weighted by Crippen LogP contribution is -2.07. The van der Waals surface area contributed by atoms with E-state index in [9.17, 15) is 17.6 Å². The Morgan fingerprint density at radius 3 is 2.35 bits per heavy atom. The molecule has 0 unspecified atom stereocenters. The van der Waals surface area contributed by atoms with Crippen LogP contribution < -0.4 is 0 Å². The summed E-state index contributed by atoms with van der Waals surface area (Å²) in [7, 11) is 0. The lowest BCUT2D eigenvalue weighted by molar-refractivity contribution is -0.137. The highest BCUT2D eigenvalue weighted by molar-refractivity contribution is 6.36. The average Bonchev–Trinajstić information content (AvgIpc) is 2.21. The van der Waals surface area contributed by atoms with Crippen molar-refractivity contribution in [3.63, 3.8) is 0 Å². The first kappa shape index (κ1) is 12.4. The van der Waals surface area contributed by atoms with Gasteiger partial charge in [0.15, 0.2) is 0 Å². The maximum atomic E-state index is 13.1. The minimum atomic E-state index is -4.66. The van der Waals surface area contributed by atoms with E-state index in [1.807, 2.05) is 0 Å². The number of hydrogen-bond donors (Lipinski definition) is 0. The van der Waals surface area contributed by atoms with Crippen LogP contribution in [0.4, 0.5) is 17.6 Å². The normalized spacial score (nSPS) is 12.1. The molecule has 1 aromatic carbocycles. The molecule has 0 bridgehead atoms. The number of alkyl halides is 3. The first-order chi connectivity index (χ1) is 7.80. The Hall–Kier alpha value is -1.07. The van der Waals surface area contributed by atoms with Crippen molar-refractivity contribution in [2.75, 3.05) is 0 Å².